The Morgan fingerprint density at radius 1 is 1.27 bits per heavy atom. The number of benzene rings is 2. The van der Waals surface area contributed by atoms with E-state index in [-0.39, 0.29) is 24.2 Å². The molecule has 30 heavy (non-hydrogen) atoms. The summed E-state index contributed by atoms with van der Waals surface area (Å²) >= 11 is 4.74. The van der Waals surface area contributed by atoms with Gasteiger partial charge < -0.3 is 14.8 Å². The fourth-order valence-electron chi connectivity index (χ4n) is 2.74. The number of amides is 2. The lowest BCUT2D eigenvalue weighted by Gasteiger charge is -2.21. The Hall–Kier alpha value is -2.59. The molecule has 2 aromatic carbocycles. The van der Waals surface area contributed by atoms with E-state index in [1.54, 1.807) is 18.2 Å². The molecule has 10 heteroatoms. The van der Waals surface area contributed by atoms with Crippen molar-refractivity contribution in [3.05, 3.63) is 57.8 Å². The van der Waals surface area contributed by atoms with Crippen LogP contribution in [0, 0.1) is 5.82 Å². The van der Waals surface area contributed by atoms with Gasteiger partial charge in [0.05, 0.1) is 11.6 Å². The van der Waals surface area contributed by atoms with Crippen LogP contribution in [0.2, 0.25) is 0 Å². The summed E-state index contributed by atoms with van der Waals surface area (Å²) in [5.41, 5.74) is 1.54. The highest BCUT2D eigenvalue weighted by atomic mass is 79.9. The van der Waals surface area contributed by atoms with Crippen LogP contribution in [0.4, 0.5) is 4.39 Å². The first kappa shape index (κ1) is 22.1. The number of halogens is 2. The topological polar surface area (TPSA) is 80.2 Å². The molecule has 1 N–H and O–H groups in total. The van der Waals surface area contributed by atoms with Gasteiger partial charge in [-0.2, -0.15) is 0 Å². The standard InChI is InChI=1S/C20H19BrFN3O4S/c1-11(26)23-20-24-25(12(2)27)19(30-20)14-8-16(21)18(17(9-14)28-3)29-10-13-4-6-15(22)7-5-13/h4-9,19H,10H2,1-3H3,(H,23,24,26)/t19-/m1/s1. The second-order valence-corrected chi connectivity index (χ2v) is 8.29. The van der Waals surface area contributed by atoms with Gasteiger partial charge in [0.25, 0.3) is 0 Å². The largest absolute Gasteiger partial charge is 0.493 e. The molecule has 2 amide bonds. The lowest BCUT2D eigenvalue weighted by atomic mass is 10.2. The van der Waals surface area contributed by atoms with Crippen molar-refractivity contribution in [2.75, 3.05) is 7.11 Å². The number of nitrogens with zero attached hydrogens (tertiary/aromatic N) is 2. The summed E-state index contributed by atoms with van der Waals surface area (Å²) in [5.74, 6) is 0.0876. The van der Waals surface area contributed by atoms with Gasteiger partial charge in [-0.1, -0.05) is 23.9 Å². The molecule has 2 aromatic rings. The van der Waals surface area contributed by atoms with Crippen LogP contribution in [0.1, 0.15) is 30.3 Å². The third kappa shape index (κ3) is 5.11. The Morgan fingerprint density at radius 2 is 1.97 bits per heavy atom. The van der Waals surface area contributed by atoms with E-state index in [2.05, 4.69) is 26.3 Å². The Bertz CT molecular complexity index is 1000. The summed E-state index contributed by atoms with van der Waals surface area (Å²) in [7, 11) is 1.51. The molecular formula is C20H19BrFN3O4S. The Morgan fingerprint density at radius 3 is 2.57 bits per heavy atom. The van der Waals surface area contributed by atoms with Gasteiger partial charge in [0.1, 0.15) is 17.8 Å². The number of hydrogen-bond acceptors (Lipinski definition) is 6. The second-order valence-electron chi connectivity index (χ2n) is 6.37. The van der Waals surface area contributed by atoms with Gasteiger partial charge in [-0.3, -0.25) is 9.59 Å². The average Bonchev–Trinajstić information content (AvgIpc) is 3.11. The van der Waals surface area contributed by atoms with Gasteiger partial charge in [-0.25, -0.2) is 9.40 Å². The van der Waals surface area contributed by atoms with Gasteiger partial charge in [-0.15, -0.1) is 5.10 Å². The number of hydrazone groups is 1. The zero-order valence-corrected chi connectivity index (χ0v) is 18.8. The fraction of sp³-hybridized carbons (Fsp3) is 0.250. The molecule has 158 valence electrons. The van der Waals surface area contributed by atoms with Crippen molar-refractivity contribution in [1.82, 2.24) is 10.3 Å². The van der Waals surface area contributed by atoms with E-state index in [1.807, 2.05) is 6.07 Å². The Kier molecular flexibility index (Phi) is 6.99. The maximum Gasteiger partial charge on any atom is 0.241 e. The van der Waals surface area contributed by atoms with Crippen molar-refractivity contribution >= 4 is 44.7 Å². The second kappa shape index (κ2) is 9.48. The van der Waals surface area contributed by atoms with Crippen LogP contribution in [0.15, 0.2) is 46.0 Å². The molecule has 1 atom stereocenters. The first-order chi connectivity index (χ1) is 14.3. The van der Waals surface area contributed by atoms with Crippen molar-refractivity contribution in [1.29, 1.82) is 0 Å². The maximum atomic E-state index is 13.1. The van der Waals surface area contributed by atoms with E-state index in [1.165, 1.54) is 49.9 Å². The average molecular weight is 496 g/mol. The highest BCUT2D eigenvalue weighted by Crippen LogP contribution is 2.44. The van der Waals surface area contributed by atoms with Gasteiger partial charge in [0.2, 0.25) is 11.8 Å². The zero-order chi connectivity index (χ0) is 21.8. The predicted molar refractivity (Wildman–Crippen MR) is 116 cm³/mol. The number of nitrogens with one attached hydrogen (secondary N) is 1. The lowest BCUT2D eigenvalue weighted by Crippen LogP contribution is -2.25. The van der Waals surface area contributed by atoms with Gasteiger partial charge in [0.15, 0.2) is 16.7 Å². The number of hydrogen-bond donors (Lipinski definition) is 1. The molecule has 1 aliphatic heterocycles. The van der Waals surface area contributed by atoms with Crippen LogP contribution in [-0.2, 0) is 16.2 Å². The summed E-state index contributed by atoms with van der Waals surface area (Å²) in [5, 5.41) is 7.97. The van der Waals surface area contributed by atoms with Crippen LogP contribution < -0.4 is 14.8 Å². The number of amidine groups is 1. The van der Waals surface area contributed by atoms with Crippen molar-refractivity contribution in [3.63, 3.8) is 0 Å². The van der Waals surface area contributed by atoms with Crippen molar-refractivity contribution in [2.45, 2.75) is 25.8 Å². The zero-order valence-electron chi connectivity index (χ0n) is 16.4. The number of rotatable bonds is 5. The molecule has 0 saturated heterocycles. The monoisotopic (exact) mass is 495 g/mol. The molecule has 0 bridgehead atoms. The van der Waals surface area contributed by atoms with E-state index < -0.39 is 5.37 Å². The van der Waals surface area contributed by atoms with E-state index in [0.29, 0.717) is 21.1 Å². The van der Waals surface area contributed by atoms with Crippen LogP contribution in [0.25, 0.3) is 0 Å². The van der Waals surface area contributed by atoms with Crippen molar-refractivity contribution in [3.8, 4) is 11.5 Å². The molecule has 0 saturated carbocycles. The predicted octanol–water partition coefficient (Wildman–Crippen LogP) is 4.18. The van der Waals surface area contributed by atoms with Crippen LogP contribution in [0.5, 0.6) is 11.5 Å². The number of methoxy groups -OCH3 is 1. The number of ether oxygens (including phenoxy) is 2. The van der Waals surface area contributed by atoms with E-state index in [4.69, 9.17) is 9.47 Å². The first-order valence-electron chi connectivity index (χ1n) is 8.85. The maximum absolute atomic E-state index is 13.1. The third-order valence-corrected chi connectivity index (χ3v) is 5.77. The fourth-order valence-corrected chi connectivity index (χ4v) is 4.43. The molecule has 1 aliphatic rings. The molecule has 1 heterocycles. The summed E-state index contributed by atoms with van der Waals surface area (Å²) in [4.78, 5) is 23.4. The van der Waals surface area contributed by atoms with Gasteiger partial charge in [-0.05, 0) is 51.3 Å². The molecule has 7 nitrogen and oxygen atoms in total. The van der Waals surface area contributed by atoms with Crippen LogP contribution in [0.3, 0.4) is 0 Å². The molecule has 3 rings (SSSR count). The van der Waals surface area contributed by atoms with Crippen molar-refractivity contribution < 1.29 is 23.5 Å². The molecule has 0 fully saturated rings. The third-order valence-electron chi connectivity index (χ3n) is 4.08. The number of thioether (sulfide) groups is 1. The van der Waals surface area contributed by atoms with Gasteiger partial charge in [0, 0.05) is 13.8 Å². The minimum atomic E-state index is -0.472. The first-order valence-corrected chi connectivity index (χ1v) is 10.5. The van der Waals surface area contributed by atoms with E-state index in [0.717, 1.165) is 11.1 Å². The molecule has 0 aliphatic carbocycles. The molecule has 0 aromatic heterocycles. The van der Waals surface area contributed by atoms with E-state index >= 15 is 0 Å². The number of carbonyl (C=O) groups is 2. The summed E-state index contributed by atoms with van der Waals surface area (Å²) in [6.07, 6.45) is 0. The highest BCUT2D eigenvalue weighted by molar-refractivity contribution is 9.10. The van der Waals surface area contributed by atoms with Crippen LogP contribution >= 0.6 is 27.7 Å². The van der Waals surface area contributed by atoms with Crippen molar-refractivity contribution in [2.24, 2.45) is 5.10 Å². The SMILES string of the molecule is COc1cc([C@H]2SC(NC(C)=O)=NN2C(C)=O)cc(Br)c1OCc1ccc(F)cc1. The minimum Gasteiger partial charge on any atom is -0.493 e. The summed E-state index contributed by atoms with van der Waals surface area (Å²) < 4.78 is 25.1. The molecule has 0 unspecified atom stereocenters. The molecular weight excluding hydrogens is 477 g/mol. The number of carbonyl (C=O) groups excluding carboxylic acids is 2. The molecule has 0 spiro atoms. The van der Waals surface area contributed by atoms with Gasteiger partial charge >= 0.3 is 0 Å². The van der Waals surface area contributed by atoms with Crippen LogP contribution in [-0.4, -0.2) is 29.1 Å². The highest BCUT2D eigenvalue weighted by Gasteiger charge is 2.33. The normalized spacial score (nSPS) is 15.6. The Balaban J connectivity index is 1.84. The van der Waals surface area contributed by atoms with E-state index in [9.17, 15) is 14.0 Å². The summed E-state index contributed by atoms with van der Waals surface area (Å²) in [6, 6.07) is 9.59. The minimum absolute atomic E-state index is 0.224. The Labute approximate surface area is 185 Å². The smallest absolute Gasteiger partial charge is 0.241 e. The quantitative estimate of drug-likeness (QED) is 0.672. The molecule has 0 radical (unpaired) electrons. The summed E-state index contributed by atoms with van der Waals surface area (Å²) in [6.45, 7) is 3.00. The lowest BCUT2D eigenvalue weighted by molar-refractivity contribution is -0.129.